The van der Waals surface area contributed by atoms with Crippen molar-refractivity contribution in [1.82, 2.24) is 4.90 Å². The zero-order valence-electron chi connectivity index (χ0n) is 17.8. The molecule has 2 aromatic rings. The number of methoxy groups -OCH3 is 2. The summed E-state index contributed by atoms with van der Waals surface area (Å²) in [6, 6.07) is 13.2. The van der Waals surface area contributed by atoms with Crippen LogP contribution in [0.3, 0.4) is 0 Å². The van der Waals surface area contributed by atoms with E-state index in [1.807, 2.05) is 47.4 Å². The zero-order valence-corrected chi connectivity index (χ0v) is 17.8. The van der Waals surface area contributed by atoms with Crippen molar-refractivity contribution >= 4 is 11.7 Å². The summed E-state index contributed by atoms with van der Waals surface area (Å²) in [5.41, 5.74) is 2.06. The third-order valence-electron chi connectivity index (χ3n) is 5.42. The molecule has 1 aliphatic rings. The van der Waals surface area contributed by atoms with Crippen LogP contribution in [0.2, 0.25) is 0 Å². The Hall–Kier alpha value is -3.02. The Balaban J connectivity index is 1.62. The fraction of sp³-hybridized carbons (Fsp3) is 0.417. The van der Waals surface area contributed by atoms with E-state index in [4.69, 9.17) is 14.2 Å². The normalized spacial score (nSPS) is 15.7. The van der Waals surface area contributed by atoms with Gasteiger partial charge in [0.25, 0.3) is 5.91 Å². The number of hydrogen-bond acceptors (Lipinski definition) is 5. The van der Waals surface area contributed by atoms with Crippen LogP contribution in [-0.2, 0) is 16.0 Å². The van der Waals surface area contributed by atoms with Crippen molar-refractivity contribution < 1.29 is 23.8 Å². The summed E-state index contributed by atoms with van der Waals surface area (Å²) in [6.07, 6.45) is 3.08. The number of hydrogen-bond donors (Lipinski definition) is 0. The van der Waals surface area contributed by atoms with Crippen molar-refractivity contribution in [3.63, 3.8) is 0 Å². The van der Waals surface area contributed by atoms with Crippen LogP contribution in [0.1, 0.15) is 43.4 Å². The van der Waals surface area contributed by atoms with Gasteiger partial charge in [-0.1, -0.05) is 12.1 Å². The average molecular weight is 411 g/mol. The SMILES string of the molecule is COc1ccc(C2CCCN2C(=O)COc2ccc(CCC(C)=O)cc2)c(OC)c1. The molecule has 1 unspecified atom stereocenters. The van der Waals surface area contributed by atoms with E-state index in [0.29, 0.717) is 25.1 Å². The number of aryl methyl sites for hydroxylation is 1. The van der Waals surface area contributed by atoms with Gasteiger partial charge in [-0.05, 0) is 56.0 Å². The molecule has 6 nitrogen and oxygen atoms in total. The minimum absolute atomic E-state index is 0.0121. The van der Waals surface area contributed by atoms with Crippen molar-refractivity contribution in [3.8, 4) is 17.2 Å². The molecule has 1 atom stereocenters. The van der Waals surface area contributed by atoms with E-state index in [1.54, 1.807) is 21.1 Å². The Kier molecular flexibility index (Phi) is 7.33. The van der Waals surface area contributed by atoms with Crippen LogP contribution >= 0.6 is 0 Å². The number of amides is 1. The molecular formula is C24H29NO5. The first-order chi connectivity index (χ1) is 14.5. The number of carbonyl (C=O) groups excluding carboxylic acids is 2. The van der Waals surface area contributed by atoms with Gasteiger partial charge in [-0.25, -0.2) is 0 Å². The topological polar surface area (TPSA) is 65.1 Å². The summed E-state index contributed by atoms with van der Waals surface area (Å²) in [5.74, 6) is 2.22. The molecule has 0 aliphatic carbocycles. The number of ether oxygens (including phenoxy) is 3. The fourth-order valence-corrected chi connectivity index (χ4v) is 3.78. The first-order valence-corrected chi connectivity index (χ1v) is 10.2. The molecule has 160 valence electrons. The lowest BCUT2D eigenvalue weighted by molar-refractivity contribution is -0.134. The maximum atomic E-state index is 12.9. The zero-order chi connectivity index (χ0) is 21.5. The van der Waals surface area contributed by atoms with Gasteiger partial charge in [0.15, 0.2) is 6.61 Å². The van der Waals surface area contributed by atoms with Crippen molar-refractivity contribution in [2.75, 3.05) is 27.4 Å². The molecule has 1 fully saturated rings. The summed E-state index contributed by atoms with van der Waals surface area (Å²) in [6.45, 7) is 2.28. The number of nitrogens with zero attached hydrogens (tertiary/aromatic N) is 1. The van der Waals surface area contributed by atoms with Crippen LogP contribution < -0.4 is 14.2 Å². The molecule has 0 bridgehead atoms. The Labute approximate surface area is 177 Å². The lowest BCUT2D eigenvalue weighted by atomic mass is 10.0. The molecule has 0 N–H and O–H groups in total. The van der Waals surface area contributed by atoms with Crippen LogP contribution in [-0.4, -0.2) is 44.0 Å². The minimum atomic E-state index is -0.0453. The second kappa shape index (κ2) is 10.1. The highest BCUT2D eigenvalue weighted by Crippen LogP contribution is 2.38. The second-order valence-electron chi connectivity index (χ2n) is 7.49. The molecule has 1 aliphatic heterocycles. The molecule has 0 saturated carbocycles. The van der Waals surface area contributed by atoms with Gasteiger partial charge in [0.2, 0.25) is 0 Å². The molecule has 2 aromatic carbocycles. The van der Waals surface area contributed by atoms with Gasteiger partial charge in [-0.15, -0.1) is 0 Å². The molecule has 3 rings (SSSR count). The van der Waals surface area contributed by atoms with Crippen molar-refractivity contribution in [2.45, 2.75) is 38.6 Å². The maximum Gasteiger partial charge on any atom is 0.261 e. The van der Waals surface area contributed by atoms with E-state index in [1.165, 1.54) is 0 Å². The van der Waals surface area contributed by atoms with Crippen molar-refractivity contribution in [3.05, 3.63) is 53.6 Å². The summed E-state index contributed by atoms with van der Waals surface area (Å²) in [4.78, 5) is 25.8. The molecule has 0 spiro atoms. The molecular weight excluding hydrogens is 382 g/mol. The van der Waals surface area contributed by atoms with Gasteiger partial charge in [0.1, 0.15) is 23.0 Å². The third-order valence-corrected chi connectivity index (χ3v) is 5.42. The molecule has 0 radical (unpaired) electrons. The monoisotopic (exact) mass is 411 g/mol. The van der Waals surface area contributed by atoms with Crippen LogP contribution in [0.4, 0.5) is 0 Å². The summed E-state index contributed by atoms with van der Waals surface area (Å²) >= 11 is 0. The van der Waals surface area contributed by atoms with E-state index in [9.17, 15) is 9.59 Å². The van der Waals surface area contributed by atoms with E-state index >= 15 is 0 Å². The molecule has 1 heterocycles. The highest BCUT2D eigenvalue weighted by atomic mass is 16.5. The molecule has 0 aromatic heterocycles. The lowest BCUT2D eigenvalue weighted by Gasteiger charge is -2.26. The van der Waals surface area contributed by atoms with Gasteiger partial charge in [0.05, 0.1) is 20.3 Å². The largest absolute Gasteiger partial charge is 0.497 e. The Morgan fingerprint density at radius 3 is 2.43 bits per heavy atom. The summed E-state index contributed by atoms with van der Waals surface area (Å²) < 4.78 is 16.5. The average Bonchev–Trinajstić information content (AvgIpc) is 3.26. The number of likely N-dealkylation sites (tertiary alicyclic amines) is 1. The number of Topliss-reactive ketones (excluding diaryl/α,β-unsaturated/α-hetero) is 1. The van der Waals surface area contributed by atoms with Gasteiger partial charge in [-0.3, -0.25) is 4.79 Å². The molecule has 30 heavy (non-hydrogen) atoms. The predicted molar refractivity (Wildman–Crippen MR) is 114 cm³/mol. The minimum Gasteiger partial charge on any atom is -0.497 e. The lowest BCUT2D eigenvalue weighted by Crippen LogP contribution is -2.34. The maximum absolute atomic E-state index is 12.9. The van der Waals surface area contributed by atoms with Crippen LogP contribution in [0.15, 0.2) is 42.5 Å². The van der Waals surface area contributed by atoms with Crippen LogP contribution in [0.25, 0.3) is 0 Å². The standard InChI is InChI=1S/C24H29NO5/c1-17(26)6-7-18-8-10-19(11-9-18)30-16-24(27)25-14-4-5-22(25)21-13-12-20(28-2)15-23(21)29-3/h8-13,15,22H,4-7,14,16H2,1-3H3. The van der Waals surface area contributed by atoms with E-state index in [0.717, 1.165) is 35.5 Å². The van der Waals surface area contributed by atoms with Gasteiger partial charge in [-0.2, -0.15) is 0 Å². The second-order valence-corrected chi connectivity index (χ2v) is 7.49. The summed E-state index contributed by atoms with van der Waals surface area (Å²) in [7, 11) is 3.25. The number of benzene rings is 2. The van der Waals surface area contributed by atoms with Gasteiger partial charge < -0.3 is 23.9 Å². The number of ketones is 1. The number of carbonyl (C=O) groups is 2. The van der Waals surface area contributed by atoms with Crippen LogP contribution in [0, 0.1) is 0 Å². The Morgan fingerprint density at radius 2 is 1.77 bits per heavy atom. The van der Waals surface area contributed by atoms with E-state index < -0.39 is 0 Å². The van der Waals surface area contributed by atoms with Crippen LogP contribution in [0.5, 0.6) is 17.2 Å². The number of rotatable bonds is 9. The highest BCUT2D eigenvalue weighted by Gasteiger charge is 2.32. The first-order valence-electron chi connectivity index (χ1n) is 10.2. The molecule has 6 heteroatoms. The van der Waals surface area contributed by atoms with Crippen molar-refractivity contribution in [2.24, 2.45) is 0 Å². The Bertz CT molecular complexity index is 878. The first kappa shape index (κ1) is 21.7. The fourth-order valence-electron chi connectivity index (χ4n) is 3.78. The molecule has 1 saturated heterocycles. The predicted octanol–water partition coefficient (Wildman–Crippen LogP) is 3.97. The van der Waals surface area contributed by atoms with Gasteiger partial charge >= 0.3 is 0 Å². The van der Waals surface area contributed by atoms with Crippen molar-refractivity contribution in [1.29, 1.82) is 0 Å². The highest BCUT2D eigenvalue weighted by molar-refractivity contribution is 5.79. The van der Waals surface area contributed by atoms with E-state index in [-0.39, 0.29) is 24.3 Å². The van der Waals surface area contributed by atoms with E-state index in [2.05, 4.69) is 0 Å². The molecule has 1 amide bonds. The third kappa shape index (κ3) is 5.32. The summed E-state index contributed by atoms with van der Waals surface area (Å²) in [5, 5.41) is 0. The Morgan fingerprint density at radius 1 is 1.03 bits per heavy atom. The smallest absolute Gasteiger partial charge is 0.261 e. The quantitative estimate of drug-likeness (QED) is 0.625. The van der Waals surface area contributed by atoms with Gasteiger partial charge in [0, 0.05) is 24.6 Å².